The molecule has 6 nitrogen and oxygen atoms in total. The molecule has 0 bridgehead atoms. The predicted molar refractivity (Wildman–Crippen MR) is 54.3 cm³/mol. The van der Waals surface area contributed by atoms with Gasteiger partial charge in [0.15, 0.2) is 0 Å². The lowest BCUT2D eigenvalue weighted by Crippen LogP contribution is -1.85. The van der Waals surface area contributed by atoms with Crippen molar-refractivity contribution in [2.45, 2.75) is 6.92 Å². The molecule has 84 valence electrons. The molecule has 0 radical (unpaired) electrons. The maximum absolute atomic E-state index is 9.50. The highest BCUT2D eigenvalue weighted by Crippen LogP contribution is 1.70. The van der Waals surface area contributed by atoms with Crippen LogP contribution in [0.25, 0.3) is 0 Å². The Morgan fingerprint density at radius 3 is 1.64 bits per heavy atom. The fourth-order valence-electron chi connectivity index (χ4n) is 0.113. The van der Waals surface area contributed by atoms with Gasteiger partial charge in [0.05, 0.1) is 5.88 Å². The molecule has 0 spiro atoms. The molecule has 0 aliphatic heterocycles. The van der Waals surface area contributed by atoms with Gasteiger partial charge in [-0.1, -0.05) is 6.92 Å². The molecule has 0 aromatic rings. The molecular formula is C6H11Cl2NO5. The zero-order valence-electron chi connectivity index (χ0n) is 7.35. The van der Waals surface area contributed by atoms with Gasteiger partial charge >= 0.3 is 12.2 Å². The second kappa shape index (κ2) is 17.9. The normalized spacial score (nSPS) is 7.93. The summed E-state index contributed by atoms with van der Waals surface area (Å²) < 4.78 is 0. The maximum atomic E-state index is 9.50. The number of aliphatic imine (C=N–C) groups is 1. The Bertz CT molecular complexity index is 170. The average molecular weight is 248 g/mol. The third-order valence-corrected chi connectivity index (χ3v) is 0.409. The van der Waals surface area contributed by atoms with E-state index in [9.17, 15) is 4.79 Å². The van der Waals surface area contributed by atoms with Gasteiger partial charge in [-0.2, -0.15) is 4.99 Å². The van der Waals surface area contributed by atoms with Crippen molar-refractivity contribution in [1.29, 1.82) is 0 Å². The molecule has 0 unspecified atom stereocenters. The first-order valence-electron chi connectivity index (χ1n) is 3.21. The largest absolute Gasteiger partial charge is 0.503 e. The van der Waals surface area contributed by atoms with Crippen molar-refractivity contribution < 1.29 is 24.9 Å². The van der Waals surface area contributed by atoms with E-state index in [2.05, 4.69) is 4.99 Å². The molecule has 0 rings (SSSR count). The third kappa shape index (κ3) is 123. The van der Waals surface area contributed by atoms with Crippen molar-refractivity contribution in [2.75, 3.05) is 11.8 Å². The van der Waals surface area contributed by atoms with Crippen molar-refractivity contribution >= 4 is 41.7 Å². The van der Waals surface area contributed by atoms with Crippen LogP contribution in [0.2, 0.25) is 0 Å². The van der Waals surface area contributed by atoms with Gasteiger partial charge in [0, 0.05) is 12.1 Å². The zero-order chi connectivity index (χ0) is 12.0. The van der Waals surface area contributed by atoms with Crippen molar-refractivity contribution in [1.82, 2.24) is 0 Å². The average Bonchev–Trinajstić information content (AvgIpc) is 2.01. The molecule has 0 aliphatic rings. The van der Waals surface area contributed by atoms with Gasteiger partial charge in [0.1, 0.15) is 0 Å². The number of alkyl halides is 2. The van der Waals surface area contributed by atoms with Crippen LogP contribution in [0.1, 0.15) is 6.92 Å². The lowest BCUT2D eigenvalue weighted by Gasteiger charge is -1.72. The number of nitrogens with zero attached hydrogens (tertiary/aromatic N) is 1. The summed E-state index contributed by atoms with van der Waals surface area (Å²) >= 11 is 10.0. The zero-order valence-corrected chi connectivity index (χ0v) is 8.86. The van der Waals surface area contributed by atoms with Crippen LogP contribution >= 0.6 is 23.2 Å². The molecule has 1 amide bonds. The number of halogens is 2. The Labute approximate surface area is 90.8 Å². The molecule has 3 N–H and O–H groups in total. The van der Waals surface area contributed by atoms with E-state index in [0.717, 1.165) is 12.1 Å². The number of rotatable bonds is 1. The minimum absolute atomic E-state index is 0.145. The molecule has 0 fully saturated rings. The van der Waals surface area contributed by atoms with Crippen LogP contribution in [0.4, 0.5) is 9.59 Å². The lowest BCUT2D eigenvalue weighted by atomic mass is 10.9. The smallest absolute Gasteiger partial charge is 0.463 e. The van der Waals surface area contributed by atoms with E-state index in [-0.39, 0.29) is 5.88 Å². The van der Waals surface area contributed by atoms with Crippen molar-refractivity contribution in [3.63, 3.8) is 0 Å². The van der Waals surface area contributed by atoms with E-state index in [0.29, 0.717) is 0 Å². The van der Waals surface area contributed by atoms with Gasteiger partial charge in [-0.15, -0.1) is 23.2 Å². The molecule has 0 heterocycles. The lowest BCUT2D eigenvalue weighted by molar-refractivity contribution is 0.137. The molecule has 0 saturated carbocycles. The highest BCUT2D eigenvalue weighted by Gasteiger charge is 1.80. The first-order chi connectivity index (χ1) is 6.42. The highest BCUT2D eigenvalue weighted by molar-refractivity contribution is 6.25. The molecule has 0 atom stereocenters. The molecule has 0 saturated heterocycles. The summed E-state index contributed by atoms with van der Waals surface area (Å²) in [6, 6.07) is 0. The van der Waals surface area contributed by atoms with E-state index < -0.39 is 12.2 Å². The number of amides is 1. The first kappa shape index (κ1) is 18.7. The second-order valence-corrected chi connectivity index (χ2v) is 2.14. The van der Waals surface area contributed by atoms with Crippen LogP contribution in [-0.2, 0) is 0 Å². The van der Waals surface area contributed by atoms with Crippen LogP contribution in [0, 0.1) is 0 Å². The van der Waals surface area contributed by atoms with Crippen LogP contribution in [-0.4, -0.2) is 45.5 Å². The minimum Gasteiger partial charge on any atom is -0.463 e. The van der Waals surface area contributed by atoms with E-state index in [1.54, 1.807) is 0 Å². The Hall–Kier alpha value is -1.01. The third-order valence-electron chi connectivity index (χ3n) is 0.271. The molecule has 8 heteroatoms. The summed E-state index contributed by atoms with van der Waals surface area (Å²) in [6.07, 6.45) is -1.93. The Kier molecular flexibility index (Phi) is 23.9. The van der Waals surface area contributed by atoms with Gasteiger partial charge in [0.25, 0.3) is 0 Å². The first-order valence-corrected chi connectivity index (χ1v) is 4.28. The number of hydrogen-bond acceptors (Lipinski definition) is 2. The summed E-state index contributed by atoms with van der Waals surface area (Å²) in [5.41, 5.74) is 0. The van der Waals surface area contributed by atoms with Gasteiger partial charge < -0.3 is 15.3 Å². The number of carboxylic acid groups (broad SMARTS) is 3. The number of hydrogen-bond donors (Lipinski definition) is 3. The second-order valence-electron chi connectivity index (χ2n) is 1.30. The summed E-state index contributed by atoms with van der Waals surface area (Å²) in [5.74, 6) is 0.867. The molecule has 14 heavy (non-hydrogen) atoms. The summed E-state index contributed by atoms with van der Waals surface area (Å²) in [7, 11) is 0. The van der Waals surface area contributed by atoms with Gasteiger partial charge in [-0.3, -0.25) is 0 Å². The van der Waals surface area contributed by atoms with Crippen LogP contribution < -0.4 is 0 Å². The fourth-order valence-corrected chi connectivity index (χ4v) is 0.182. The van der Waals surface area contributed by atoms with Gasteiger partial charge in [0.2, 0.25) is 0 Å². The number of carbonyl (C=O) groups is 2. The Morgan fingerprint density at radius 1 is 1.29 bits per heavy atom. The standard InChI is InChI=1S/C3H4ClNO2.C2H5Cl.CH2O3/c4-1-2-5-3(6)7;1-2-3;2-1(3)4/h2H,1H2,(H,6,7);2H2,1H3;(H2,2,3,4). The van der Waals surface area contributed by atoms with Gasteiger partial charge in [-0.25, -0.2) is 9.59 Å². The predicted octanol–water partition coefficient (Wildman–Crippen LogP) is 2.44. The minimum atomic E-state index is -1.83. The molecule has 0 aliphatic carbocycles. The van der Waals surface area contributed by atoms with E-state index in [1.165, 1.54) is 0 Å². The van der Waals surface area contributed by atoms with Gasteiger partial charge in [-0.05, 0) is 0 Å². The van der Waals surface area contributed by atoms with Crippen LogP contribution in [0.3, 0.4) is 0 Å². The highest BCUT2D eigenvalue weighted by atomic mass is 35.5. The fraction of sp³-hybridized carbons (Fsp3) is 0.500. The van der Waals surface area contributed by atoms with Crippen LogP contribution in [0.15, 0.2) is 4.99 Å². The molecule has 0 aromatic carbocycles. The topological polar surface area (TPSA) is 107 Å². The van der Waals surface area contributed by atoms with Crippen molar-refractivity contribution in [3.05, 3.63) is 0 Å². The molecular weight excluding hydrogens is 237 g/mol. The molecule has 0 aromatic heterocycles. The van der Waals surface area contributed by atoms with E-state index in [1.807, 2.05) is 6.92 Å². The monoisotopic (exact) mass is 247 g/mol. The summed E-state index contributed by atoms with van der Waals surface area (Å²) in [5, 5.41) is 21.7. The Morgan fingerprint density at radius 2 is 1.57 bits per heavy atom. The quantitative estimate of drug-likeness (QED) is 0.488. The SMILES string of the molecule is CCCl.O=C(O)N=CCCl.O=C(O)O. The Balaban J connectivity index is -0.000000147. The van der Waals surface area contributed by atoms with Crippen LogP contribution in [0.5, 0.6) is 0 Å². The van der Waals surface area contributed by atoms with E-state index in [4.69, 9.17) is 43.3 Å². The summed E-state index contributed by atoms with van der Waals surface area (Å²) in [6.45, 7) is 1.89. The van der Waals surface area contributed by atoms with Crippen molar-refractivity contribution in [3.8, 4) is 0 Å². The van der Waals surface area contributed by atoms with E-state index >= 15 is 0 Å². The summed E-state index contributed by atoms with van der Waals surface area (Å²) in [4.78, 5) is 21.0. The van der Waals surface area contributed by atoms with Crippen molar-refractivity contribution in [2.24, 2.45) is 4.99 Å². The maximum Gasteiger partial charge on any atom is 0.503 e.